The third kappa shape index (κ3) is 12.6. The zero-order chi connectivity index (χ0) is 19.0. The lowest BCUT2D eigenvalue weighted by Crippen LogP contribution is -2.29. The average molecular weight is 403 g/mol. The summed E-state index contributed by atoms with van der Waals surface area (Å²) in [5, 5.41) is 0. The van der Waals surface area contributed by atoms with E-state index in [2.05, 4.69) is 20.7 Å². The van der Waals surface area contributed by atoms with E-state index in [9.17, 15) is 14.4 Å². The van der Waals surface area contributed by atoms with Gasteiger partial charge in [-0.1, -0.05) is 30.3 Å². The van der Waals surface area contributed by atoms with Crippen molar-refractivity contribution in [2.45, 2.75) is 52.7 Å². The van der Waals surface area contributed by atoms with Crippen molar-refractivity contribution < 1.29 is 28.6 Å². The van der Waals surface area contributed by atoms with Crippen molar-refractivity contribution in [2.75, 3.05) is 0 Å². The van der Waals surface area contributed by atoms with Crippen LogP contribution in [0, 0.1) is 0 Å². The minimum absolute atomic E-state index is 0.0666. The van der Waals surface area contributed by atoms with Gasteiger partial charge in [-0.2, -0.15) is 0 Å². The van der Waals surface area contributed by atoms with E-state index in [1.165, 1.54) is 0 Å². The number of benzene rings is 1. The largest absolute Gasteiger partial charge is 0.519 e. The molecule has 1 aromatic rings. The summed E-state index contributed by atoms with van der Waals surface area (Å²) in [5.74, 6) is 0. The van der Waals surface area contributed by atoms with E-state index in [0.29, 0.717) is 5.56 Å². The molecule has 0 amide bonds. The van der Waals surface area contributed by atoms with E-state index in [1.54, 1.807) is 53.7 Å². The van der Waals surface area contributed by atoms with Crippen LogP contribution < -0.4 is 0 Å². The van der Waals surface area contributed by atoms with E-state index < -0.39 is 23.5 Å². The lowest BCUT2D eigenvalue weighted by Gasteiger charge is -2.20. The molecule has 0 fully saturated rings. The third-order valence-electron chi connectivity index (χ3n) is 1.95. The quantitative estimate of drug-likeness (QED) is 0.369. The summed E-state index contributed by atoms with van der Waals surface area (Å²) < 4.78 is 13.7. The zero-order valence-corrected chi connectivity index (χ0v) is 16.3. The van der Waals surface area contributed by atoms with Crippen LogP contribution in [0.3, 0.4) is 0 Å². The first kappa shape index (κ1) is 22.1. The lowest BCUT2D eigenvalue weighted by molar-refractivity contribution is -0.0293. The van der Waals surface area contributed by atoms with Crippen LogP contribution in [0.1, 0.15) is 51.9 Å². The summed E-state index contributed by atoms with van der Waals surface area (Å²) in [7, 11) is 0. The molecule has 7 heteroatoms. The second kappa shape index (κ2) is 9.42. The Morgan fingerprint density at radius 1 is 0.792 bits per heavy atom. The summed E-state index contributed by atoms with van der Waals surface area (Å²) in [6.07, 6.45) is -2.12. The Bertz CT molecular complexity index is 529. The van der Waals surface area contributed by atoms with E-state index in [1.807, 2.05) is 18.2 Å². The van der Waals surface area contributed by atoms with Crippen LogP contribution in [0.5, 0.6) is 0 Å². The molecule has 0 saturated heterocycles. The van der Waals surface area contributed by atoms with Gasteiger partial charge in [0.1, 0.15) is 11.2 Å². The molecule has 0 bridgehead atoms. The maximum absolute atomic E-state index is 11.0. The molecule has 0 unspecified atom stereocenters. The van der Waals surface area contributed by atoms with Gasteiger partial charge in [-0.15, -0.1) is 0 Å². The standard InChI is InChI=1S/C10H18O5.C7H5BrO/c1-9(2,3)14-7(11)13-8(12)15-10(4,5)6;8-7(9)6-4-2-1-3-5-6/h1-6H3;1-5H. The topological polar surface area (TPSA) is 78.9 Å². The van der Waals surface area contributed by atoms with Crippen molar-refractivity contribution in [3.05, 3.63) is 35.9 Å². The number of carbonyl (C=O) groups is 3. The summed E-state index contributed by atoms with van der Waals surface area (Å²) in [6, 6.07) is 9.05. The van der Waals surface area contributed by atoms with Crippen molar-refractivity contribution in [3.63, 3.8) is 0 Å². The Kier molecular flexibility index (Phi) is 8.67. The Morgan fingerprint density at radius 3 is 1.42 bits per heavy atom. The van der Waals surface area contributed by atoms with Crippen LogP contribution in [0.15, 0.2) is 30.3 Å². The molecule has 0 radical (unpaired) electrons. The smallest absolute Gasteiger partial charge is 0.428 e. The van der Waals surface area contributed by atoms with Gasteiger partial charge in [0, 0.05) is 5.56 Å². The average Bonchev–Trinajstić information content (AvgIpc) is 2.35. The maximum Gasteiger partial charge on any atom is 0.519 e. The highest BCUT2D eigenvalue weighted by Gasteiger charge is 2.24. The fourth-order valence-electron chi connectivity index (χ4n) is 1.18. The number of rotatable bonds is 1. The van der Waals surface area contributed by atoms with Crippen LogP contribution in [0.4, 0.5) is 9.59 Å². The Morgan fingerprint density at radius 2 is 1.17 bits per heavy atom. The number of halogens is 1. The molecular weight excluding hydrogens is 380 g/mol. The lowest BCUT2D eigenvalue weighted by atomic mass is 10.2. The monoisotopic (exact) mass is 402 g/mol. The Hall–Kier alpha value is -1.89. The number of ether oxygens (including phenoxy) is 3. The minimum atomic E-state index is -1.06. The second-order valence-electron chi connectivity index (χ2n) is 6.67. The summed E-state index contributed by atoms with van der Waals surface area (Å²) in [5.41, 5.74) is -0.699. The van der Waals surface area contributed by atoms with Crippen molar-refractivity contribution in [1.82, 2.24) is 0 Å². The van der Waals surface area contributed by atoms with Crippen LogP contribution in [0.2, 0.25) is 0 Å². The number of hydrogen-bond acceptors (Lipinski definition) is 6. The first-order valence-corrected chi connectivity index (χ1v) is 7.98. The van der Waals surface area contributed by atoms with Crippen molar-refractivity contribution in [2.24, 2.45) is 0 Å². The van der Waals surface area contributed by atoms with Crippen LogP contribution in [0.25, 0.3) is 0 Å². The molecule has 1 rings (SSSR count). The van der Waals surface area contributed by atoms with E-state index in [0.717, 1.165) is 0 Å². The van der Waals surface area contributed by atoms with Gasteiger partial charge >= 0.3 is 12.3 Å². The van der Waals surface area contributed by atoms with E-state index >= 15 is 0 Å². The molecule has 6 nitrogen and oxygen atoms in total. The molecule has 0 aromatic heterocycles. The summed E-state index contributed by atoms with van der Waals surface area (Å²) >= 11 is 2.84. The molecule has 0 spiro atoms. The highest BCUT2D eigenvalue weighted by atomic mass is 79.9. The molecule has 0 aliphatic carbocycles. The highest BCUT2D eigenvalue weighted by Crippen LogP contribution is 2.11. The minimum Gasteiger partial charge on any atom is -0.428 e. The van der Waals surface area contributed by atoms with Crippen LogP contribution >= 0.6 is 15.9 Å². The van der Waals surface area contributed by atoms with Gasteiger partial charge in [-0.25, -0.2) is 9.59 Å². The van der Waals surface area contributed by atoms with Gasteiger partial charge in [0.2, 0.25) is 4.69 Å². The molecule has 134 valence electrons. The fourth-order valence-corrected chi connectivity index (χ4v) is 1.44. The molecule has 0 saturated carbocycles. The van der Waals surface area contributed by atoms with E-state index in [4.69, 9.17) is 9.47 Å². The molecule has 1 aromatic carbocycles. The fraction of sp³-hybridized carbons (Fsp3) is 0.471. The molecule has 0 aliphatic heterocycles. The number of hydrogen-bond donors (Lipinski definition) is 0. The van der Waals surface area contributed by atoms with Gasteiger partial charge in [0.05, 0.1) is 0 Å². The van der Waals surface area contributed by atoms with Gasteiger partial charge in [0.25, 0.3) is 0 Å². The third-order valence-corrected chi connectivity index (χ3v) is 2.40. The summed E-state index contributed by atoms with van der Waals surface area (Å²) in [4.78, 5) is 32.6. The van der Waals surface area contributed by atoms with Crippen molar-refractivity contribution in [1.29, 1.82) is 0 Å². The Balaban J connectivity index is 0.000000496. The number of carbonyl (C=O) groups excluding carboxylic acids is 3. The van der Waals surface area contributed by atoms with Gasteiger partial charge < -0.3 is 14.2 Å². The first-order chi connectivity index (χ1) is 10.8. The SMILES string of the molecule is CC(C)(C)OC(=O)OC(=O)OC(C)(C)C.O=C(Br)c1ccccc1. The van der Waals surface area contributed by atoms with Crippen molar-refractivity contribution >= 4 is 32.9 Å². The van der Waals surface area contributed by atoms with Crippen LogP contribution in [-0.2, 0) is 14.2 Å². The molecule has 0 heterocycles. The first-order valence-electron chi connectivity index (χ1n) is 7.19. The molecule has 24 heavy (non-hydrogen) atoms. The molecule has 0 atom stereocenters. The summed E-state index contributed by atoms with van der Waals surface area (Å²) in [6.45, 7) is 10.0. The van der Waals surface area contributed by atoms with Gasteiger partial charge in [0.15, 0.2) is 0 Å². The maximum atomic E-state index is 11.0. The second-order valence-corrected chi connectivity index (χ2v) is 7.39. The van der Waals surface area contributed by atoms with E-state index in [-0.39, 0.29) is 4.69 Å². The predicted molar refractivity (Wildman–Crippen MR) is 93.3 cm³/mol. The molecule has 0 N–H and O–H groups in total. The zero-order valence-electron chi connectivity index (χ0n) is 14.7. The van der Waals surface area contributed by atoms with Crippen LogP contribution in [-0.4, -0.2) is 28.2 Å². The predicted octanol–water partition coefficient (Wildman–Crippen LogP) is 5.09. The van der Waals surface area contributed by atoms with Crippen molar-refractivity contribution in [3.8, 4) is 0 Å². The Labute approximate surface area is 150 Å². The highest BCUT2D eigenvalue weighted by molar-refractivity contribution is 9.18. The molecular formula is C17H23BrO6. The molecule has 0 aliphatic rings. The van der Waals surface area contributed by atoms with Gasteiger partial charge in [-0.3, -0.25) is 4.79 Å². The normalized spacial score (nSPS) is 10.8. The van der Waals surface area contributed by atoms with Gasteiger partial charge in [-0.05, 0) is 57.5 Å².